The average Bonchev–Trinajstić information content (AvgIpc) is 3.17. The van der Waals surface area contributed by atoms with Gasteiger partial charge in [-0.1, -0.05) is 24.3 Å². The molecular formula is C22H28FN3O. The first-order valence-corrected chi connectivity index (χ1v) is 9.91. The summed E-state index contributed by atoms with van der Waals surface area (Å²) in [4.78, 5) is 19.9. The number of likely N-dealkylation sites (N-methyl/N-ethyl adjacent to an activating group) is 1. The molecule has 0 saturated carbocycles. The fourth-order valence-corrected chi connectivity index (χ4v) is 4.58. The van der Waals surface area contributed by atoms with Gasteiger partial charge in [-0.3, -0.25) is 9.69 Å². The Balaban J connectivity index is 1.49. The highest BCUT2D eigenvalue weighted by Crippen LogP contribution is 2.26. The summed E-state index contributed by atoms with van der Waals surface area (Å²) in [5.74, 6) is -0.439. The van der Waals surface area contributed by atoms with Gasteiger partial charge < -0.3 is 9.80 Å². The number of likely N-dealkylation sites (tertiary alicyclic amines) is 2. The van der Waals surface area contributed by atoms with Crippen LogP contribution in [0.15, 0.2) is 36.4 Å². The second kappa shape index (κ2) is 7.56. The highest BCUT2D eigenvalue weighted by molar-refractivity contribution is 6.07. The molecule has 2 heterocycles. The maximum atomic E-state index is 14.1. The van der Waals surface area contributed by atoms with E-state index < -0.39 is 0 Å². The second-order valence-electron chi connectivity index (χ2n) is 8.06. The van der Waals surface area contributed by atoms with Crippen molar-refractivity contribution in [2.24, 2.45) is 0 Å². The van der Waals surface area contributed by atoms with Crippen molar-refractivity contribution in [2.45, 2.75) is 31.3 Å². The number of amides is 1. The zero-order chi connectivity index (χ0) is 19.0. The summed E-state index contributed by atoms with van der Waals surface area (Å²) in [6, 6.07) is 11.2. The molecule has 0 radical (unpaired) electrons. The van der Waals surface area contributed by atoms with Gasteiger partial charge in [0.2, 0.25) is 0 Å². The van der Waals surface area contributed by atoms with E-state index >= 15 is 0 Å². The zero-order valence-electron chi connectivity index (χ0n) is 16.2. The van der Waals surface area contributed by atoms with E-state index in [4.69, 9.17) is 0 Å². The van der Waals surface area contributed by atoms with E-state index in [0.717, 1.165) is 43.4 Å². The predicted molar refractivity (Wildman–Crippen MR) is 106 cm³/mol. The molecule has 2 fully saturated rings. The van der Waals surface area contributed by atoms with Gasteiger partial charge in [-0.25, -0.2) is 4.39 Å². The lowest BCUT2D eigenvalue weighted by atomic mass is 10.0. The number of carbonyl (C=O) groups excluding carboxylic acids is 1. The SMILES string of the molecule is CN1CCC(N2CCC(N(C)C(=O)c3cc(F)cc4ccccc34)C2)CC1. The minimum Gasteiger partial charge on any atom is -0.337 e. The van der Waals surface area contributed by atoms with Crippen LogP contribution in [0.3, 0.4) is 0 Å². The number of carbonyl (C=O) groups is 1. The second-order valence-corrected chi connectivity index (χ2v) is 8.06. The maximum Gasteiger partial charge on any atom is 0.254 e. The van der Waals surface area contributed by atoms with Crippen LogP contribution in [0.1, 0.15) is 29.6 Å². The number of benzene rings is 2. The summed E-state index contributed by atoms with van der Waals surface area (Å²) in [5, 5.41) is 1.59. The molecule has 2 aromatic rings. The Labute approximate surface area is 160 Å². The molecule has 0 aromatic heterocycles. The van der Waals surface area contributed by atoms with Crippen molar-refractivity contribution < 1.29 is 9.18 Å². The van der Waals surface area contributed by atoms with E-state index in [1.807, 2.05) is 36.2 Å². The Bertz CT molecular complexity index is 831. The van der Waals surface area contributed by atoms with Crippen LogP contribution in [-0.4, -0.2) is 73.0 Å². The molecule has 27 heavy (non-hydrogen) atoms. The third-order valence-electron chi connectivity index (χ3n) is 6.32. The number of nitrogens with zero attached hydrogens (tertiary/aromatic N) is 3. The Morgan fingerprint density at radius 3 is 2.63 bits per heavy atom. The molecule has 0 bridgehead atoms. The van der Waals surface area contributed by atoms with Crippen LogP contribution in [0, 0.1) is 5.82 Å². The van der Waals surface area contributed by atoms with E-state index in [0.29, 0.717) is 11.6 Å². The molecule has 0 aliphatic carbocycles. The molecule has 2 aromatic carbocycles. The van der Waals surface area contributed by atoms with Crippen molar-refractivity contribution in [3.05, 3.63) is 47.8 Å². The molecule has 2 aliphatic heterocycles. The number of hydrogen-bond donors (Lipinski definition) is 0. The lowest BCUT2D eigenvalue weighted by molar-refractivity contribution is 0.0722. The number of fused-ring (bicyclic) bond motifs is 1. The van der Waals surface area contributed by atoms with Gasteiger partial charge in [0.15, 0.2) is 0 Å². The van der Waals surface area contributed by atoms with Crippen molar-refractivity contribution in [3.8, 4) is 0 Å². The van der Waals surface area contributed by atoms with Crippen LogP contribution in [0.4, 0.5) is 4.39 Å². The Morgan fingerprint density at radius 2 is 1.85 bits per heavy atom. The van der Waals surface area contributed by atoms with Crippen molar-refractivity contribution in [2.75, 3.05) is 40.3 Å². The van der Waals surface area contributed by atoms with Crippen molar-refractivity contribution in [3.63, 3.8) is 0 Å². The third kappa shape index (κ3) is 3.71. The smallest absolute Gasteiger partial charge is 0.254 e. The molecule has 1 amide bonds. The van der Waals surface area contributed by atoms with Crippen LogP contribution in [-0.2, 0) is 0 Å². The van der Waals surface area contributed by atoms with Gasteiger partial charge in [0.1, 0.15) is 5.82 Å². The topological polar surface area (TPSA) is 26.8 Å². The van der Waals surface area contributed by atoms with Crippen LogP contribution in [0.5, 0.6) is 0 Å². The van der Waals surface area contributed by atoms with Crippen LogP contribution in [0.2, 0.25) is 0 Å². The molecule has 1 atom stereocenters. The molecule has 2 saturated heterocycles. The molecule has 5 heteroatoms. The maximum absolute atomic E-state index is 14.1. The van der Waals surface area contributed by atoms with Crippen molar-refractivity contribution >= 4 is 16.7 Å². The third-order valence-corrected chi connectivity index (χ3v) is 6.32. The van der Waals surface area contributed by atoms with Gasteiger partial charge in [0.05, 0.1) is 5.56 Å². The summed E-state index contributed by atoms with van der Waals surface area (Å²) >= 11 is 0. The molecule has 1 unspecified atom stereocenters. The van der Waals surface area contributed by atoms with E-state index in [9.17, 15) is 9.18 Å². The molecule has 4 rings (SSSR count). The fraction of sp³-hybridized carbons (Fsp3) is 0.500. The first-order chi connectivity index (χ1) is 13.0. The van der Waals surface area contributed by atoms with Crippen molar-refractivity contribution in [1.29, 1.82) is 0 Å². The monoisotopic (exact) mass is 369 g/mol. The van der Waals surface area contributed by atoms with Crippen LogP contribution < -0.4 is 0 Å². The fourth-order valence-electron chi connectivity index (χ4n) is 4.58. The molecule has 144 valence electrons. The predicted octanol–water partition coefficient (Wildman–Crippen LogP) is 3.22. The summed E-state index contributed by atoms with van der Waals surface area (Å²) in [5.41, 5.74) is 0.464. The minimum atomic E-state index is -0.357. The van der Waals surface area contributed by atoms with Gasteiger partial charge in [-0.15, -0.1) is 0 Å². The normalized spacial score (nSPS) is 22.4. The molecule has 0 N–H and O–H groups in total. The number of halogens is 1. The summed E-state index contributed by atoms with van der Waals surface area (Å²) in [7, 11) is 4.05. The first-order valence-electron chi connectivity index (χ1n) is 9.91. The number of piperidine rings is 1. The molecule has 0 spiro atoms. The number of rotatable bonds is 3. The van der Waals surface area contributed by atoms with Gasteiger partial charge in [0, 0.05) is 32.2 Å². The van der Waals surface area contributed by atoms with Gasteiger partial charge in [-0.05, 0) is 62.3 Å². The quantitative estimate of drug-likeness (QED) is 0.831. The van der Waals surface area contributed by atoms with Gasteiger partial charge in [-0.2, -0.15) is 0 Å². The molecule has 2 aliphatic rings. The Morgan fingerprint density at radius 1 is 1.11 bits per heavy atom. The van der Waals surface area contributed by atoms with Gasteiger partial charge >= 0.3 is 0 Å². The molecule has 4 nitrogen and oxygen atoms in total. The van der Waals surface area contributed by atoms with Crippen LogP contribution >= 0.6 is 0 Å². The first kappa shape index (κ1) is 18.4. The average molecular weight is 369 g/mol. The summed E-state index contributed by atoms with van der Waals surface area (Å²) < 4.78 is 14.1. The van der Waals surface area contributed by atoms with E-state index in [-0.39, 0.29) is 17.8 Å². The standard InChI is InChI=1S/C22H28FN3O/c1-24-10-7-18(8-11-24)26-12-9-19(15-26)25(2)22(27)21-14-17(23)13-16-5-3-4-6-20(16)21/h3-6,13-14,18-19H,7-12,15H2,1-2H3. The summed E-state index contributed by atoms with van der Waals surface area (Å²) in [6.07, 6.45) is 3.40. The number of hydrogen-bond acceptors (Lipinski definition) is 3. The lowest BCUT2D eigenvalue weighted by Crippen LogP contribution is -2.45. The highest BCUT2D eigenvalue weighted by Gasteiger charge is 2.33. The summed E-state index contributed by atoms with van der Waals surface area (Å²) in [6.45, 7) is 4.26. The van der Waals surface area contributed by atoms with E-state index in [2.05, 4.69) is 16.8 Å². The Hall–Kier alpha value is -1.98. The van der Waals surface area contributed by atoms with Crippen LogP contribution in [0.25, 0.3) is 10.8 Å². The van der Waals surface area contributed by atoms with Crippen molar-refractivity contribution in [1.82, 2.24) is 14.7 Å². The molecular weight excluding hydrogens is 341 g/mol. The lowest BCUT2D eigenvalue weighted by Gasteiger charge is -2.35. The Kier molecular flexibility index (Phi) is 5.15. The van der Waals surface area contributed by atoms with E-state index in [1.54, 1.807) is 0 Å². The van der Waals surface area contributed by atoms with Gasteiger partial charge in [0.25, 0.3) is 5.91 Å². The largest absolute Gasteiger partial charge is 0.337 e. The minimum absolute atomic E-state index is 0.0825. The highest BCUT2D eigenvalue weighted by atomic mass is 19.1. The van der Waals surface area contributed by atoms with E-state index in [1.165, 1.54) is 25.0 Å². The zero-order valence-corrected chi connectivity index (χ0v) is 16.2.